The Labute approximate surface area is 164 Å². The molecule has 0 radical (unpaired) electrons. The summed E-state index contributed by atoms with van der Waals surface area (Å²) in [6, 6.07) is 6.24. The van der Waals surface area contributed by atoms with Gasteiger partial charge in [-0.25, -0.2) is 29.3 Å². The van der Waals surface area contributed by atoms with E-state index in [4.69, 9.17) is 4.98 Å². The number of halogens is 1. The molecular weight excluding hydrogens is 371 g/mol. The van der Waals surface area contributed by atoms with Gasteiger partial charge in [0, 0.05) is 17.3 Å². The van der Waals surface area contributed by atoms with Crippen LogP contribution in [0.3, 0.4) is 0 Å². The van der Waals surface area contributed by atoms with Crippen molar-refractivity contribution in [1.29, 1.82) is 0 Å². The van der Waals surface area contributed by atoms with Crippen molar-refractivity contribution in [1.82, 2.24) is 34.3 Å². The van der Waals surface area contributed by atoms with E-state index in [1.54, 1.807) is 24.9 Å². The van der Waals surface area contributed by atoms with Crippen molar-refractivity contribution in [3.63, 3.8) is 0 Å². The van der Waals surface area contributed by atoms with Gasteiger partial charge in [-0.15, -0.1) is 0 Å². The third-order valence-electron chi connectivity index (χ3n) is 4.82. The van der Waals surface area contributed by atoms with Gasteiger partial charge >= 0.3 is 0 Å². The number of nitrogens with one attached hydrogen (secondary N) is 2. The second kappa shape index (κ2) is 6.62. The van der Waals surface area contributed by atoms with Crippen molar-refractivity contribution in [2.45, 2.75) is 19.9 Å². The zero-order valence-corrected chi connectivity index (χ0v) is 15.8. The summed E-state index contributed by atoms with van der Waals surface area (Å²) in [6.45, 7) is 3.93. The highest BCUT2D eigenvalue weighted by atomic mass is 19.1. The molecule has 5 rings (SSSR count). The average molecular weight is 388 g/mol. The van der Waals surface area contributed by atoms with Crippen LogP contribution in [0.4, 0.5) is 10.2 Å². The number of aromatic amines is 1. The molecule has 0 saturated carbocycles. The largest absolute Gasteiger partial charge is 0.360 e. The van der Waals surface area contributed by atoms with E-state index < -0.39 is 0 Å². The first-order valence-electron chi connectivity index (χ1n) is 9.11. The van der Waals surface area contributed by atoms with Gasteiger partial charge in [0.15, 0.2) is 11.5 Å². The van der Waals surface area contributed by atoms with Crippen LogP contribution in [0.5, 0.6) is 0 Å². The molecule has 29 heavy (non-hydrogen) atoms. The first-order chi connectivity index (χ1) is 14.1. The van der Waals surface area contributed by atoms with Gasteiger partial charge in [0.2, 0.25) is 0 Å². The monoisotopic (exact) mass is 388 g/mol. The molecule has 0 aliphatic heterocycles. The number of benzene rings is 1. The van der Waals surface area contributed by atoms with Crippen molar-refractivity contribution < 1.29 is 4.39 Å². The van der Waals surface area contributed by atoms with Gasteiger partial charge in [0.05, 0.1) is 23.8 Å². The Kier molecular flexibility index (Phi) is 3.94. The summed E-state index contributed by atoms with van der Waals surface area (Å²) in [5.41, 5.74) is 5.26. The van der Waals surface area contributed by atoms with E-state index >= 15 is 0 Å². The van der Waals surface area contributed by atoms with Gasteiger partial charge in [-0.2, -0.15) is 0 Å². The maximum atomic E-state index is 14.0. The molecular formula is C20H17FN8. The number of anilines is 1. The molecule has 0 spiro atoms. The lowest BCUT2D eigenvalue weighted by atomic mass is 10.1. The van der Waals surface area contributed by atoms with Crippen molar-refractivity contribution in [3.8, 4) is 11.3 Å². The molecule has 5 aromatic rings. The molecule has 9 heteroatoms. The molecule has 0 fully saturated rings. The number of hydrogen-bond acceptors (Lipinski definition) is 6. The van der Waals surface area contributed by atoms with Crippen molar-refractivity contribution in [2.24, 2.45) is 0 Å². The lowest BCUT2D eigenvalue weighted by molar-refractivity contribution is 0.628. The molecule has 0 amide bonds. The number of aromatic nitrogens is 7. The van der Waals surface area contributed by atoms with Crippen molar-refractivity contribution >= 4 is 22.6 Å². The Morgan fingerprint density at radius 3 is 2.97 bits per heavy atom. The molecule has 4 heterocycles. The second-order valence-electron chi connectivity index (χ2n) is 6.81. The Hall–Kier alpha value is -3.88. The first kappa shape index (κ1) is 17.2. The fourth-order valence-electron chi connectivity index (χ4n) is 3.48. The standard InChI is InChI=1S/C20H17FN8/c1-11-7-22-10-29-17(13-4-3-5-14(21)6-13)15(28-20(11)29)12(2)27-19-16-18(24-8-23-16)25-9-26-19/h3-10,12H,1-2H3,(H2,23,24,25,26,27). The smallest absolute Gasteiger partial charge is 0.162 e. The van der Waals surface area contributed by atoms with Crippen LogP contribution in [-0.4, -0.2) is 34.3 Å². The summed E-state index contributed by atoms with van der Waals surface area (Å²) in [7, 11) is 0. The second-order valence-corrected chi connectivity index (χ2v) is 6.81. The SMILES string of the molecule is Cc1cncn2c(-c3cccc(F)c3)c(C(C)Nc3ncnc4[nH]cnc34)nc12. The Balaban J connectivity index is 1.67. The molecule has 0 aliphatic rings. The maximum Gasteiger partial charge on any atom is 0.162 e. The van der Waals surface area contributed by atoms with E-state index in [-0.39, 0.29) is 11.9 Å². The van der Waals surface area contributed by atoms with Gasteiger partial charge in [-0.3, -0.25) is 4.40 Å². The summed E-state index contributed by atoms with van der Waals surface area (Å²) < 4.78 is 15.9. The molecule has 0 aliphatic carbocycles. The number of fused-ring (bicyclic) bond motifs is 2. The maximum absolute atomic E-state index is 14.0. The van der Waals surface area contributed by atoms with Crippen LogP contribution in [0, 0.1) is 12.7 Å². The van der Waals surface area contributed by atoms with Crippen LogP contribution in [-0.2, 0) is 0 Å². The molecule has 4 aromatic heterocycles. The van der Waals surface area contributed by atoms with Crippen LogP contribution in [0.25, 0.3) is 28.1 Å². The van der Waals surface area contributed by atoms with Gasteiger partial charge in [-0.05, 0) is 26.0 Å². The number of imidazole rings is 2. The molecule has 144 valence electrons. The summed E-state index contributed by atoms with van der Waals surface area (Å²) >= 11 is 0. The normalized spacial score (nSPS) is 12.5. The lowest BCUT2D eigenvalue weighted by Gasteiger charge is -2.15. The zero-order valence-electron chi connectivity index (χ0n) is 15.8. The number of H-pyrrole nitrogens is 1. The van der Waals surface area contributed by atoms with E-state index in [0.717, 1.165) is 28.2 Å². The molecule has 1 atom stereocenters. The topological polar surface area (TPSA) is 96.7 Å². The van der Waals surface area contributed by atoms with Crippen molar-refractivity contribution in [3.05, 3.63) is 66.5 Å². The minimum Gasteiger partial charge on any atom is -0.360 e. The molecule has 0 bridgehead atoms. The lowest BCUT2D eigenvalue weighted by Crippen LogP contribution is -2.10. The van der Waals surface area contributed by atoms with Gasteiger partial charge in [-0.1, -0.05) is 12.1 Å². The third-order valence-corrected chi connectivity index (χ3v) is 4.82. The average Bonchev–Trinajstić information content (AvgIpc) is 3.34. The Morgan fingerprint density at radius 2 is 2.10 bits per heavy atom. The summed E-state index contributed by atoms with van der Waals surface area (Å²) in [6.07, 6.45) is 6.51. The summed E-state index contributed by atoms with van der Waals surface area (Å²) in [5.74, 6) is 0.291. The van der Waals surface area contributed by atoms with E-state index in [0.29, 0.717) is 17.0 Å². The predicted molar refractivity (Wildman–Crippen MR) is 107 cm³/mol. The fraction of sp³-hybridized carbons (Fsp3) is 0.150. The highest BCUT2D eigenvalue weighted by Gasteiger charge is 2.22. The van der Waals surface area contributed by atoms with E-state index in [2.05, 4.69) is 30.2 Å². The molecule has 1 aromatic carbocycles. The number of nitrogens with zero attached hydrogens (tertiary/aromatic N) is 6. The summed E-state index contributed by atoms with van der Waals surface area (Å²) in [5, 5.41) is 3.37. The predicted octanol–water partition coefficient (Wildman–Crippen LogP) is 3.68. The molecule has 1 unspecified atom stereocenters. The van der Waals surface area contributed by atoms with Gasteiger partial charge in [0.25, 0.3) is 0 Å². The molecule has 8 nitrogen and oxygen atoms in total. The van der Waals surface area contributed by atoms with Crippen molar-refractivity contribution in [2.75, 3.05) is 5.32 Å². The van der Waals surface area contributed by atoms with Gasteiger partial charge in [0.1, 0.15) is 29.6 Å². The molecule has 2 N–H and O–H groups in total. The van der Waals surface area contributed by atoms with E-state index in [1.807, 2.05) is 24.3 Å². The van der Waals surface area contributed by atoms with Crippen LogP contribution >= 0.6 is 0 Å². The van der Waals surface area contributed by atoms with Crippen LogP contribution < -0.4 is 5.32 Å². The number of aryl methyl sites for hydroxylation is 1. The van der Waals surface area contributed by atoms with Crippen LogP contribution in [0.1, 0.15) is 24.2 Å². The van der Waals surface area contributed by atoms with Crippen LogP contribution in [0.15, 0.2) is 49.4 Å². The highest BCUT2D eigenvalue weighted by Crippen LogP contribution is 2.32. The number of hydrogen-bond donors (Lipinski definition) is 2. The number of rotatable bonds is 4. The van der Waals surface area contributed by atoms with Crippen LogP contribution in [0.2, 0.25) is 0 Å². The summed E-state index contributed by atoms with van der Waals surface area (Å²) in [4.78, 5) is 24.9. The van der Waals surface area contributed by atoms with E-state index in [9.17, 15) is 4.39 Å². The van der Waals surface area contributed by atoms with Gasteiger partial charge < -0.3 is 10.3 Å². The quantitative estimate of drug-likeness (QED) is 0.487. The third kappa shape index (κ3) is 2.87. The minimum atomic E-state index is -0.307. The first-order valence-corrected chi connectivity index (χ1v) is 9.11. The Morgan fingerprint density at radius 1 is 1.21 bits per heavy atom. The Bertz CT molecular complexity index is 1340. The fourth-order valence-corrected chi connectivity index (χ4v) is 3.48. The van der Waals surface area contributed by atoms with E-state index in [1.165, 1.54) is 18.5 Å². The highest BCUT2D eigenvalue weighted by molar-refractivity contribution is 5.82. The zero-order chi connectivity index (χ0) is 20.0. The minimum absolute atomic E-state index is 0.234. The molecule has 0 saturated heterocycles.